The largest absolute Gasteiger partial charge is 0.272 e. The second-order valence-corrected chi connectivity index (χ2v) is 9.25. The maximum Gasteiger partial charge on any atom is 0.261 e. The van der Waals surface area contributed by atoms with Crippen LogP contribution in [0.4, 0.5) is 0 Å². The highest BCUT2D eigenvalue weighted by Crippen LogP contribution is 2.33. The summed E-state index contributed by atoms with van der Waals surface area (Å²) >= 11 is 0. The molecule has 0 bridgehead atoms. The fraction of sp³-hybridized carbons (Fsp3) is 0.400. The average molecular weight is 421 g/mol. The Morgan fingerprint density at radius 3 is 2.06 bits per heavy atom. The van der Waals surface area contributed by atoms with Gasteiger partial charge >= 0.3 is 0 Å². The van der Waals surface area contributed by atoms with Crippen LogP contribution in [-0.2, 0) is 16.1 Å². The SMILES string of the molecule is CC(C)(C)ON(CC(Cc1ccccc1)N1C(=O)c2ccccc2C1=O)C(=O)C1CC1. The van der Waals surface area contributed by atoms with Gasteiger partial charge in [0.2, 0.25) is 5.91 Å². The summed E-state index contributed by atoms with van der Waals surface area (Å²) in [7, 11) is 0. The molecule has 1 aliphatic carbocycles. The quantitative estimate of drug-likeness (QED) is 0.504. The number of carbonyl (C=O) groups excluding carboxylic acids is 3. The number of fused-ring (bicyclic) bond motifs is 1. The summed E-state index contributed by atoms with van der Waals surface area (Å²) in [5, 5.41) is 1.38. The predicted octanol–water partition coefficient (Wildman–Crippen LogP) is 3.86. The molecule has 1 saturated carbocycles. The van der Waals surface area contributed by atoms with Crippen molar-refractivity contribution in [3.63, 3.8) is 0 Å². The Balaban J connectivity index is 1.66. The Morgan fingerprint density at radius 1 is 1.00 bits per heavy atom. The molecule has 0 spiro atoms. The number of carbonyl (C=O) groups is 3. The van der Waals surface area contributed by atoms with Crippen LogP contribution in [0.25, 0.3) is 0 Å². The van der Waals surface area contributed by atoms with E-state index in [1.165, 1.54) is 9.96 Å². The van der Waals surface area contributed by atoms with Gasteiger partial charge in [-0.15, -0.1) is 0 Å². The van der Waals surface area contributed by atoms with Gasteiger partial charge in [0.25, 0.3) is 11.8 Å². The average Bonchev–Trinajstić information content (AvgIpc) is 3.54. The number of nitrogens with zero attached hydrogens (tertiary/aromatic N) is 2. The number of hydroxylamine groups is 2. The molecule has 2 aromatic rings. The fourth-order valence-electron chi connectivity index (χ4n) is 3.89. The molecular weight excluding hydrogens is 392 g/mol. The van der Waals surface area contributed by atoms with E-state index in [2.05, 4.69) is 0 Å². The third-order valence-electron chi connectivity index (χ3n) is 5.44. The van der Waals surface area contributed by atoms with Crippen LogP contribution in [0.3, 0.4) is 0 Å². The van der Waals surface area contributed by atoms with E-state index >= 15 is 0 Å². The van der Waals surface area contributed by atoms with Crippen molar-refractivity contribution >= 4 is 17.7 Å². The third kappa shape index (κ3) is 4.69. The summed E-state index contributed by atoms with van der Waals surface area (Å²) in [6, 6.07) is 16.0. The molecular formula is C25H28N2O4. The number of imide groups is 1. The Labute approximate surface area is 182 Å². The first-order chi connectivity index (χ1) is 14.7. The molecule has 1 aliphatic heterocycles. The van der Waals surface area contributed by atoms with Crippen molar-refractivity contribution in [1.82, 2.24) is 9.96 Å². The Kier molecular flexibility index (Phi) is 5.67. The lowest BCUT2D eigenvalue weighted by Gasteiger charge is -2.35. The molecule has 31 heavy (non-hydrogen) atoms. The van der Waals surface area contributed by atoms with Gasteiger partial charge in [-0.2, -0.15) is 0 Å². The van der Waals surface area contributed by atoms with Gasteiger partial charge < -0.3 is 0 Å². The number of amides is 3. The summed E-state index contributed by atoms with van der Waals surface area (Å²) < 4.78 is 0. The van der Waals surface area contributed by atoms with E-state index in [0.29, 0.717) is 17.5 Å². The van der Waals surface area contributed by atoms with E-state index in [9.17, 15) is 14.4 Å². The molecule has 2 aromatic carbocycles. The van der Waals surface area contributed by atoms with Crippen molar-refractivity contribution in [3.8, 4) is 0 Å². The molecule has 6 nitrogen and oxygen atoms in total. The molecule has 4 rings (SSSR count). The monoisotopic (exact) mass is 420 g/mol. The van der Waals surface area contributed by atoms with Gasteiger partial charge in [0.1, 0.15) is 0 Å². The van der Waals surface area contributed by atoms with Crippen molar-refractivity contribution in [2.75, 3.05) is 6.54 Å². The maximum atomic E-state index is 13.2. The predicted molar refractivity (Wildman–Crippen MR) is 116 cm³/mol. The summed E-state index contributed by atoms with van der Waals surface area (Å²) in [6.07, 6.45) is 2.13. The van der Waals surface area contributed by atoms with Gasteiger partial charge in [0, 0.05) is 5.92 Å². The first kappa shape index (κ1) is 21.2. The van der Waals surface area contributed by atoms with E-state index in [-0.39, 0.29) is 30.2 Å². The van der Waals surface area contributed by atoms with Crippen LogP contribution in [0, 0.1) is 5.92 Å². The molecule has 162 valence electrons. The third-order valence-corrected chi connectivity index (χ3v) is 5.44. The van der Waals surface area contributed by atoms with Gasteiger partial charge in [-0.3, -0.25) is 24.1 Å². The first-order valence-electron chi connectivity index (χ1n) is 10.8. The lowest BCUT2D eigenvalue weighted by atomic mass is 10.0. The van der Waals surface area contributed by atoms with Gasteiger partial charge in [0.05, 0.1) is 29.3 Å². The highest BCUT2D eigenvalue weighted by molar-refractivity contribution is 6.21. The van der Waals surface area contributed by atoms with Crippen LogP contribution in [0.15, 0.2) is 54.6 Å². The lowest BCUT2D eigenvalue weighted by Crippen LogP contribution is -2.51. The molecule has 2 aliphatic rings. The van der Waals surface area contributed by atoms with Crippen LogP contribution in [0.5, 0.6) is 0 Å². The maximum absolute atomic E-state index is 13.2. The minimum atomic E-state index is -0.580. The highest BCUT2D eigenvalue weighted by atomic mass is 16.7. The molecule has 1 heterocycles. The zero-order valence-electron chi connectivity index (χ0n) is 18.2. The van der Waals surface area contributed by atoms with E-state index in [1.54, 1.807) is 24.3 Å². The van der Waals surface area contributed by atoms with Gasteiger partial charge in [0.15, 0.2) is 0 Å². The van der Waals surface area contributed by atoms with Crippen molar-refractivity contribution < 1.29 is 19.2 Å². The Bertz CT molecular complexity index is 957. The zero-order valence-corrected chi connectivity index (χ0v) is 18.2. The van der Waals surface area contributed by atoms with Crippen molar-refractivity contribution in [1.29, 1.82) is 0 Å². The van der Waals surface area contributed by atoms with Gasteiger partial charge in [-0.25, -0.2) is 5.06 Å². The van der Waals surface area contributed by atoms with Crippen molar-refractivity contribution in [2.24, 2.45) is 5.92 Å². The van der Waals surface area contributed by atoms with E-state index in [4.69, 9.17) is 4.84 Å². The normalized spacial score (nSPS) is 16.9. The molecule has 1 atom stereocenters. The van der Waals surface area contributed by atoms with E-state index < -0.39 is 11.6 Å². The highest BCUT2D eigenvalue weighted by Gasteiger charge is 2.43. The molecule has 0 aromatic heterocycles. The smallest absolute Gasteiger partial charge is 0.261 e. The standard InChI is InChI=1S/C25H28N2O4/c1-25(2,3)31-26(22(28)18-13-14-18)16-19(15-17-9-5-4-6-10-17)27-23(29)20-11-7-8-12-21(20)24(27)30/h4-12,18-19H,13-16H2,1-3H3. The number of benzene rings is 2. The molecule has 6 heteroatoms. The van der Waals surface area contributed by atoms with Gasteiger partial charge in [-0.1, -0.05) is 42.5 Å². The Hall–Kier alpha value is -2.99. The number of hydrogen-bond donors (Lipinski definition) is 0. The fourth-order valence-corrected chi connectivity index (χ4v) is 3.89. The van der Waals surface area contributed by atoms with Crippen LogP contribution >= 0.6 is 0 Å². The van der Waals surface area contributed by atoms with Crippen LogP contribution < -0.4 is 0 Å². The Morgan fingerprint density at radius 2 is 1.55 bits per heavy atom. The summed E-state index contributed by atoms with van der Waals surface area (Å²) in [5.74, 6) is -0.765. The van der Waals surface area contributed by atoms with E-state index in [0.717, 1.165) is 18.4 Å². The zero-order chi connectivity index (χ0) is 22.2. The van der Waals surface area contributed by atoms with Gasteiger partial charge in [-0.05, 0) is 57.7 Å². The van der Waals surface area contributed by atoms with Crippen LogP contribution in [-0.4, -0.2) is 45.9 Å². The summed E-state index contributed by atoms with van der Waals surface area (Å²) in [4.78, 5) is 46.7. The number of rotatable bonds is 7. The molecule has 0 N–H and O–H groups in total. The summed E-state index contributed by atoms with van der Waals surface area (Å²) in [6.45, 7) is 5.78. The second-order valence-electron chi connectivity index (χ2n) is 9.25. The van der Waals surface area contributed by atoms with Crippen molar-refractivity contribution in [3.05, 3.63) is 71.3 Å². The van der Waals surface area contributed by atoms with Crippen molar-refractivity contribution in [2.45, 2.75) is 51.7 Å². The molecule has 1 unspecified atom stereocenters. The van der Waals surface area contributed by atoms with Crippen LogP contribution in [0.2, 0.25) is 0 Å². The first-order valence-corrected chi connectivity index (χ1v) is 10.8. The van der Waals surface area contributed by atoms with E-state index in [1.807, 2.05) is 51.1 Å². The molecule has 1 fully saturated rings. The minimum Gasteiger partial charge on any atom is -0.272 e. The number of hydrogen-bond acceptors (Lipinski definition) is 4. The molecule has 0 saturated heterocycles. The lowest BCUT2D eigenvalue weighted by molar-refractivity contribution is -0.231. The molecule has 0 radical (unpaired) electrons. The second kappa shape index (κ2) is 8.27. The topological polar surface area (TPSA) is 66.9 Å². The molecule has 3 amide bonds. The minimum absolute atomic E-state index is 0.0399. The summed E-state index contributed by atoms with van der Waals surface area (Å²) in [5.41, 5.74) is 1.22. The van der Waals surface area contributed by atoms with Crippen LogP contribution in [0.1, 0.15) is 59.9 Å².